The second kappa shape index (κ2) is 8.06. The van der Waals surface area contributed by atoms with Crippen LogP contribution in [0.25, 0.3) is 28.2 Å². The van der Waals surface area contributed by atoms with Crippen molar-refractivity contribution in [1.29, 1.82) is 0 Å². The highest BCUT2D eigenvalue weighted by atomic mass is 16.5. The predicted molar refractivity (Wildman–Crippen MR) is 116 cm³/mol. The Morgan fingerprint density at radius 2 is 2.00 bits per heavy atom. The lowest BCUT2D eigenvalue weighted by molar-refractivity contribution is 0.338. The molecule has 0 fully saturated rings. The van der Waals surface area contributed by atoms with E-state index in [9.17, 15) is 4.79 Å². The summed E-state index contributed by atoms with van der Waals surface area (Å²) >= 11 is 0. The lowest BCUT2D eigenvalue weighted by Crippen LogP contribution is -2.21. The Balaban J connectivity index is 1.48. The number of aryl methyl sites for hydroxylation is 1. The molecule has 0 radical (unpaired) electrons. The predicted octanol–water partition coefficient (Wildman–Crippen LogP) is 2.78. The fraction of sp³-hybridized carbons (Fsp3) is 0.182. The molecule has 2 aromatic carbocycles. The summed E-state index contributed by atoms with van der Waals surface area (Å²) < 4.78 is 13.9. The molecule has 0 saturated heterocycles. The molecule has 0 N–H and O–H groups in total. The van der Waals surface area contributed by atoms with Crippen molar-refractivity contribution in [3.63, 3.8) is 0 Å². The maximum atomic E-state index is 13.0. The average molecular weight is 429 g/mol. The van der Waals surface area contributed by atoms with E-state index in [0.717, 1.165) is 11.1 Å². The van der Waals surface area contributed by atoms with E-state index in [2.05, 4.69) is 25.4 Å². The van der Waals surface area contributed by atoms with E-state index >= 15 is 0 Å². The number of benzene rings is 2. The van der Waals surface area contributed by atoms with Crippen molar-refractivity contribution in [3.05, 3.63) is 76.7 Å². The van der Waals surface area contributed by atoms with Crippen molar-refractivity contribution < 1.29 is 9.26 Å². The molecule has 0 aliphatic carbocycles. The lowest BCUT2D eigenvalue weighted by atomic mass is 10.1. The Bertz CT molecular complexity index is 1470. The van der Waals surface area contributed by atoms with E-state index in [0.29, 0.717) is 35.4 Å². The van der Waals surface area contributed by atoms with Crippen LogP contribution in [0.4, 0.5) is 0 Å². The number of hydrogen-bond donors (Lipinski definition) is 0. The van der Waals surface area contributed by atoms with Gasteiger partial charge in [-0.2, -0.15) is 9.67 Å². The van der Waals surface area contributed by atoms with Gasteiger partial charge in [-0.3, -0.25) is 9.36 Å². The minimum absolute atomic E-state index is 0.0724. The number of ether oxygens (including phenoxy) is 1. The molecule has 0 amide bonds. The molecule has 3 heterocycles. The van der Waals surface area contributed by atoms with E-state index in [4.69, 9.17) is 9.26 Å². The highest BCUT2D eigenvalue weighted by Gasteiger charge is 2.17. The SMILES string of the molecule is CCOc1ccccc1-n1nnc2c(=O)n(Cc3nc(-c4cccc(C)c4)no3)cnc21. The van der Waals surface area contributed by atoms with Crippen LogP contribution in [-0.4, -0.2) is 41.3 Å². The smallest absolute Gasteiger partial charge is 0.284 e. The van der Waals surface area contributed by atoms with E-state index in [1.54, 1.807) is 0 Å². The first-order chi connectivity index (χ1) is 15.6. The van der Waals surface area contributed by atoms with Gasteiger partial charge in [0.2, 0.25) is 11.7 Å². The molecule has 0 aliphatic rings. The van der Waals surface area contributed by atoms with E-state index < -0.39 is 0 Å². The molecule has 160 valence electrons. The maximum Gasteiger partial charge on any atom is 0.284 e. The summed E-state index contributed by atoms with van der Waals surface area (Å²) in [7, 11) is 0. The van der Waals surface area contributed by atoms with Crippen molar-refractivity contribution in [2.75, 3.05) is 6.61 Å². The van der Waals surface area contributed by atoms with Crippen LogP contribution in [0, 0.1) is 6.92 Å². The lowest BCUT2D eigenvalue weighted by Gasteiger charge is -2.09. The molecule has 0 unspecified atom stereocenters. The van der Waals surface area contributed by atoms with Crippen LogP contribution in [0.2, 0.25) is 0 Å². The molecular formula is C22H19N7O3. The van der Waals surface area contributed by atoms with Gasteiger partial charge in [0.15, 0.2) is 11.2 Å². The molecular weight excluding hydrogens is 410 g/mol. The van der Waals surface area contributed by atoms with E-state index in [1.165, 1.54) is 15.6 Å². The summed E-state index contributed by atoms with van der Waals surface area (Å²) in [5, 5.41) is 12.2. The standard InChI is InChI=1S/C22H19N7O3/c1-3-31-17-10-5-4-9-16(17)29-21-19(25-27-29)22(30)28(13-23-21)12-18-24-20(26-32-18)15-8-6-7-14(2)11-15/h4-11,13H,3,12H2,1-2H3. The molecule has 0 saturated carbocycles. The molecule has 5 aromatic rings. The Kier molecular flexibility index (Phi) is 4.94. The summed E-state index contributed by atoms with van der Waals surface area (Å²) in [5.41, 5.74) is 2.71. The summed E-state index contributed by atoms with van der Waals surface area (Å²) in [4.78, 5) is 21.8. The number of fused-ring (bicyclic) bond motifs is 1. The molecule has 32 heavy (non-hydrogen) atoms. The Labute approximate surface area is 182 Å². The molecule has 0 bridgehead atoms. The van der Waals surface area contributed by atoms with Gasteiger partial charge in [-0.05, 0) is 32.0 Å². The van der Waals surface area contributed by atoms with Crippen LogP contribution in [0.15, 0.2) is 64.2 Å². The molecule has 10 heteroatoms. The molecule has 0 spiro atoms. The van der Waals surface area contributed by atoms with Gasteiger partial charge in [0.1, 0.15) is 24.3 Å². The Morgan fingerprint density at radius 3 is 2.84 bits per heavy atom. The summed E-state index contributed by atoms with van der Waals surface area (Å²) in [6, 6.07) is 15.2. The van der Waals surface area contributed by atoms with Crippen LogP contribution in [0.1, 0.15) is 18.4 Å². The monoisotopic (exact) mass is 429 g/mol. The summed E-state index contributed by atoms with van der Waals surface area (Å²) in [6.45, 7) is 4.46. The van der Waals surface area contributed by atoms with Crippen LogP contribution in [0.3, 0.4) is 0 Å². The van der Waals surface area contributed by atoms with Gasteiger partial charge in [-0.25, -0.2) is 4.98 Å². The maximum absolute atomic E-state index is 13.0. The Hall–Kier alpha value is -4.34. The first-order valence-corrected chi connectivity index (χ1v) is 10.1. The third-order valence-electron chi connectivity index (χ3n) is 4.87. The number of aromatic nitrogens is 7. The first kappa shape index (κ1) is 19.6. The third kappa shape index (κ3) is 3.51. The van der Waals surface area contributed by atoms with Crippen molar-refractivity contribution in [2.24, 2.45) is 0 Å². The topological polar surface area (TPSA) is 114 Å². The van der Waals surface area contributed by atoms with E-state index in [1.807, 2.05) is 62.4 Å². The van der Waals surface area contributed by atoms with Gasteiger partial charge >= 0.3 is 0 Å². The minimum Gasteiger partial charge on any atom is -0.492 e. The Morgan fingerprint density at radius 1 is 1.12 bits per heavy atom. The number of para-hydroxylation sites is 2. The second-order valence-corrected chi connectivity index (χ2v) is 7.13. The fourth-order valence-corrected chi connectivity index (χ4v) is 3.39. The quantitative estimate of drug-likeness (QED) is 0.405. The van der Waals surface area contributed by atoms with Gasteiger partial charge < -0.3 is 9.26 Å². The third-order valence-corrected chi connectivity index (χ3v) is 4.87. The molecule has 10 nitrogen and oxygen atoms in total. The van der Waals surface area contributed by atoms with Crippen molar-refractivity contribution in [2.45, 2.75) is 20.4 Å². The number of rotatable bonds is 6. The fourth-order valence-electron chi connectivity index (χ4n) is 3.39. The van der Waals surface area contributed by atoms with Crippen molar-refractivity contribution in [3.8, 4) is 22.8 Å². The highest BCUT2D eigenvalue weighted by molar-refractivity contribution is 5.71. The average Bonchev–Trinajstić information content (AvgIpc) is 3.44. The zero-order valence-corrected chi connectivity index (χ0v) is 17.5. The first-order valence-electron chi connectivity index (χ1n) is 10.1. The highest BCUT2D eigenvalue weighted by Crippen LogP contribution is 2.23. The van der Waals surface area contributed by atoms with Crippen molar-refractivity contribution >= 4 is 11.2 Å². The number of hydrogen-bond acceptors (Lipinski definition) is 8. The van der Waals surface area contributed by atoms with E-state index in [-0.39, 0.29) is 17.6 Å². The molecule has 0 atom stereocenters. The second-order valence-electron chi connectivity index (χ2n) is 7.13. The van der Waals surface area contributed by atoms with Crippen LogP contribution < -0.4 is 10.3 Å². The van der Waals surface area contributed by atoms with Crippen molar-refractivity contribution in [1.82, 2.24) is 34.7 Å². The molecule has 0 aliphatic heterocycles. The van der Waals surface area contributed by atoms with Gasteiger partial charge in [0, 0.05) is 5.56 Å². The van der Waals surface area contributed by atoms with Gasteiger partial charge in [-0.1, -0.05) is 46.3 Å². The summed E-state index contributed by atoms with van der Waals surface area (Å²) in [6.07, 6.45) is 1.42. The largest absolute Gasteiger partial charge is 0.492 e. The summed E-state index contributed by atoms with van der Waals surface area (Å²) in [5.74, 6) is 1.38. The van der Waals surface area contributed by atoms with Gasteiger partial charge in [0.05, 0.1) is 6.61 Å². The normalized spacial score (nSPS) is 11.2. The van der Waals surface area contributed by atoms with Gasteiger partial charge in [-0.15, -0.1) is 5.10 Å². The number of nitrogens with zero attached hydrogens (tertiary/aromatic N) is 7. The van der Waals surface area contributed by atoms with Gasteiger partial charge in [0.25, 0.3) is 5.56 Å². The molecule has 3 aromatic heterocycles. The van der Waals surface area contributed by atoms with Crippen LogP contribution in [-0.2, 0) is 6.54 Å². The zero-order chi connectivity index (χ0) is 22.1. The molecule has 5 rings (SSSR count). The van der Waals surface area contributed by atoms with Crippen LogP contribution >= 0.6 is 0 Å². The van der Waals surface area contributed by atoms with Crippen LogP contribution in [0.5, 0.6) is 5.75 Å². The zero-order valence-electron chi connectivity index (χ0n) is 17.5. The minimum atomic E-state index is -0.356.